The summed E-state index contributed by atoms with van der Waals surface area (Å²) >= 11 is 0. The van der Waals surface area contributed by atoms with Crippen LogP contribution in [0.5, 0.6) is 5.75 Å². The summed E-state index contributed by atoms with van der Waals surface area (Å²) in [4.78, 5) is 19.5. The third-order valence-electron chi connectivity index (χ3n) is 2.71. The molecule has 2 rings (SSSR count). The van der Waals surface area contributed by atoms with Gasteiger partial charge in [0, 0.05) is 12.2 Å². The molecule has 0 atom stereocenters. The minimum absolute atomic E-state index is 0.0783. The Balaban J connectivity index is 2.01. The van der Waals surface area contributed by atoms with E-state index >= 15 is 0 Å². The van der Waals surface area contributed by atoms with Gasteiger partial charge in [-0.3, -0.25) is 4.79 Å². The highest BCUT2D eigenvalue weighted by atomic mass is 19.4. The van der Waals surface area contributed by atoms with Crippen LogP contribution >= 0.6 is 0 Å². The van der Waals surface area contributed by atoms with Crippen LogP contribution in [0.25, 0.3) is 0 Å². The lowest BCUT2D eigenvalue weighted by molar-refractivity contribution is -0.275. The number of halogens is 4. The van der Waals surface area contributed by atoms with E-state index < -0.39 is 23.8 Å². The van der Waals surface area contributed by atoms with E-state index in [2.05, 4.69) is 20.0 Å². The van der Waals surface area contributed by atoms with Gasteiger partial charge in [0.05, 0.1) is 0 Å². The Labute approximate surface area is 128 Å². The van der Waals surface area contributed by atoms with Crippen LogP contribution in [0.1, 0.15) is 21.7 Å². The third kappa shape index (κ3) is 4.90. The maximum Gasteiger partial charge on any atom is 0.573 e. The van der Waals surface area contributed by atoms with Crippen LogP contribution in [-0.4, -0.2) is 22.2 Å². The zero-order valence-electron chi connectivity index (χ0n) is 11.8. The molecule has 0 saturated carbocycles. The van der Waals surface area contributed by atoms with Crippen LogP contribution in [0.15, 0.2) is 30.6 Å². The van der Waals surface area contributed by atoms with Crippen LogP contribution in [0.2, 0.25) is 0 Å². The number of benzene rings is 1. The molecule has 0 unspecified atom stereocenters. The van der Waals surface area contributed by atoms with Crippen molar-refractivity contribution in [2.75, 3.05) is 0 Å². The maximum absolute atomic E-state index is 13.5. The minimum Gasteiger partial charge on any atom is -0.403 e. The number of carbonyl (C=O) groups excluding carboxylic acids is 1. The fourth-order valence-corrected chi connectivity index (χ4v) is 1.71. The first-order valence-corrected chi connectivity index (χ1v) is 6.35. The first-order chi connectivity index (χ1) is 10.7. The molecule has 0 saturated heterocycles. The van der Waals surface area contributed by atoms with Crippen LogP contribution in [-0.2, 0) is 6.54 Å². The van der Waals surface area contributed by atoms with Crippen molar-refractivity contribution < 1.29 is 27.1 Å². The number of ether oxygens (including phenoxy) is 1. The quantitative estimate of drug-likeness (QED) is 0.876. The molecule has 9 heteroatoms. The first kappa shape index (κ1) is 16.7. The number of carbonyl (C=O) groups is 1. The molecule has 1 heterocycles. The monoisotopic (exact) mass is 329 g/mol. The minimum atomic E-state index is -4.97. The van der Waals surface area contributed by atoms with Gasteiger partial charge >= 0.3 is 6.36 Å². The Morgan fingerprint density at radius 3 is 2.61 bits per heavy atom. The highest BCUT2D eigenvalue weighted by Crippen LogP contribution is 2.26. The number of alkyl halides is 3. The number of nitrogens with one attached hydrogen (secondary N) is 1. The number of amides is 1. The van der Waals surface area contributed by atoms with Gasteiger partial charge in [0.1, 0.15) is 12.0 Å². The van der Waals surface area contributed by atoms with E-state index in [0.717, 1.165) is 12.1 Å². The molecule has 0 fully saturated rings. The molecule has 1 aromatic carbocycles. The Morgan fingerprint density at radius 1 is 1.26 bits per heavy atom. The molecule has 23 heavy (non-hydrogen) atoms. The number of aromatic nitrogens is 2. The molecular formula is C14H11F4N3O2. The van der Waals surface area contributed by atoms with Gasteiger partial charge in [-0.15, -0.1) is 13.2 Å². The van der Waals surface area contributed by atoms with Crippen LogP contribution in [0, 0.1) is 12.7 Å². The second kappa shape index (κ2) is 6.59. The molecule has 122 valence electrons. The summed E-state index contributed by atoms with van der Waals surface area (Å²) in [6.07, 6.45) is -3.74. The van der Waals surface area contributed by atoms with E-state index in [4.69, 9.17) is 0 Å². The van der Waals surface area contributed by atoms with Gasteiger partial charge in [0.2, 0.25) is 0 Å². The van der Waals surface area contributed by atoms with Gasteiger partial charge in [-0.25, -0.2) is 14.4 Å². The summed E-state index contributed by atoms with van der Waals surface area (Å²) in [6, 6.07) is 4.39. The summed E-state index contributed by atoms with van der Waals surface area (Å²) in [5.41, 5.74) is 1.01. The fraction of sp³-hybridized carbons (Fsp3) is 0.214. The largest absolute Gasteiger partial charge is 0.573 e. The molecule has 5 nitrogen and oxygen atoms in total. The van der Waals surface area contributed by atoms with Gasteiger partial charge in [0.25, 0.3) is 5.91 Å². The van der Waals surface area contributed by atoms with Crippen molar-refractivity contribution in [3.8, 4) is 5.75 Å². The normalized spacial score (nSPS) is 11.2. The molecule has 0 radical (unpaired) electrons. The Hall–Kier alpha value is -2.71. The Bertz CT molecular complexity index is 719. The Kier molecular flexibility index (Phi) is 4.77. The number of hydrogen-bond donors (Lipinski definition) is 1. The van der Waals surface area contributed by atoms with Crippen LogP contribution < -0.4 is 10.1 Å². The lowest BCUT2D eigenvalue weighted by Crippen LogP contribution is -2.24. The average Bonchev–Trinajstić information content (AvgIpc) is 2.46. The number of rotatable bonds is 4. The van der Waals surface area contributed by atoms with Crippen molar-refractivity contribution in [3.63, 3.8) is 0 Å². The average molecular weight is 329 g/mol. The summed E-state index contributed by atoms with van der Waals surface area (Å²) in [5.74, 6) is -2.61. The fourth-order valence-electron chi connectivity index (χ4n) is 1.71. The van der Waals surface area contributed by atoms with Gasteiger partial charge in [-0.05, 0) is 30.7 Å². The molecule has 0 spiro atoms. The van der Waals surface area contributed by atoms with Gasteiger partial charge < -0.3 is 10.1 Å². The van der Waals surface area contributed by atoms with Crippen molar-refractivity contribution in [2.24, 2.45) is 0 Å². The van der Waals surface area contributed by atoms with Gasteiger partial charge in [0.15, 0.2) is 11.6 Å². The summed E-state index contributed by atoms with van der Waals surface area (Å²) in [5, 5.41) is 2.48. The second-order valence-electron chi connectivity index (χ2n) is 4.54. The molecule has 1 N–H and O–H groups in total. The topological polar surface area (TPSA) is 64.1 Å². The van der Waals surface area contributed by atoms with E-state index in [1.54, 1.807) is 6.92 Å². The van der Waals surface area contributed by atoms with Crippen molar-refractivity contribution in [1.82, 2.24) is 15.3 Å². The molecule has 0 bridgehead atoms. The number of nitrogens with zero attached hydrogens (tertiary/aromatic N) is 2. The van der Waals surface area contributed by atoms with E-state index in [-0.39, 0.29) is 17.8 Å². The van der Waals surface area contributed by atoms with E-state index in [0.29, 0.717) is 5.69 Å². The second-order valence-corrected chi connectivity index (χ2v) is 4.54. The standard InChI is InChI=1S/C14H11F4N3O2/c1-8-4-11(21-7-20-8)13(22)19-6-9-2-3-12(10(15)5-9)23-14(16,17)18/h2-5,7H,6H2,1H3,(H,19,22). The molecule has 0 aliphatic carbocycles. The first-order valence-electron chi connectivity index (χ1n) is 6.35. The van der Waals surface area contributed by atoms with E-state index in [9.17, 15) is 22.4 Å². The number of hydrogen-bond acceptors (Lipinski definition) is 4. The predicted octanol–water partition coefficient (Wildman–Crippen LogP) is 2.75. The molecule has 2 aromatic rings. The van der Waals surface area contributed by atoms with Crippen molar-refractivity contribution in [1.29, 1.82) is 0 Å². The van der Waals surface area contributed by atoms with Gasteiger partial charge in [-0.1, -0.05) is 6.07 Å². The van der Waals surface area contributed by atoms with Crippen molar-refractivity contribution >= 4 is 5.91 Å². The predicted molar refractivity (Wildman–Crippen MR) is 71.0 cm³/mol. The molecule has 1 amide bonds. The van der Waals surface area contributed by atoms with Crippen LogP contribution in [0.3, 0.4) is 0 Å². The zero-order valence-corrected chi connectivity index (χ0v) is 11.8. The molecule has 0 aliphatic rings. The smallest absolute Gasteiger partial charge is 0.403 e. The molecular weight excluding hydrogens is 318 g/mol. The summed E-state index contributed by atoms with van der Waals surface area (Å²) in [7, 11) is 0. The lowest BCUT2D eigenvalue weighted by atomic mass is 10.2. The highest BCUT2D eigenvalue weighted by Gasteiger charge is 2.32. The summed E-state index contributed by atoms with van der Waals surface area (Å²) < 4.78 is 53.2. The summed E-state index contributed by atoms with van der Waals surface area (Å²) in [6.45, 7) is 1.61. The van der Waals surface area contributed by atoms with Gasteiger partial charge in [-0.2, -0.15) is 0 Å². The SMILES string of the molecule is Cc1cc(C(=O)NCc2ccc(OC(F)(F)F)c(F)c2)ncn1. The van der Waals surface area contributed by atoms with Crippen molar-refractivity contribution in [3.05, 3.63) is 53.4 Å². The number of aryl methyl sites for hydroxylation is 1. The van der Waals surface area contributed by atoms with E-state index in [1.165, 1.54) is 18.5 Å². The maximum atomic E-state index is 13.5. The Morgan fingerprint density at radius 2 is 2.00 bits per heavy atom. The molecule has 1 aromatic heterocycles. The van der Waals surface area contributed by atoms with Crippen LogP contribution in [0.4, 0.5) is 17.6 Å². The molecule has 0 aliphatic heterocycles. The van der Waals surface area contributed by atoms with Crippen molar-refractivity contribution in [2.45, 2.75) is 19.8 Å². The zero-order chi connectivity index (χ0) is 17.0. The third-order valence-corrected chi connectivity index (χ3v) is 2.71. The van der Waals surface area contributed by atoms with E-state index in [1.807, 2.05) is 0 Å². The highest BCUT2D eigenvalue weighted by molar-refractivity contribution is 5.92. The lowest BCUT2D eigenvalue weighted by Gasteiger charge is -2.11.